The summed E-state index contributed by atoms with van der Waals surface area (Å²) in [7, 11) is 1.56. The van der Waals surface area contributed by atoms with E-state index in [-0.39, 0.29) is 5.78 Å². The second-order valence-electron chi connectivity index (χ2n) is 8.17. The number of hydrogen-bond donors (Lipinski definition) is 0. The number of halogens is 2. The van der Waals surface area contributed by atoms with E-state index in [2.05, 4.69) is 9.88 Å². The summed E-state index contributed by atoms with van der Waals surface area (Å²) in [6, 6.07) is 13.1. The lowest BCUT2D eigenvalue weighted by molar-refractivity contribution is 0.0961. The van der Waals surface area contributed by atoms with E-state index in [0.29, 0.717) is 28.7 Å². The Morgan fingerprint density at radius 3 is 2.62 bits per heavy atom. The van der Waals surface area contributed by atoms with Crippen molar-refractivity contribution in [3.05, 3.63) is 69.1 Å². The van der Waals surface area contributed by atoms with Gasteiger partial charge in [-0.05, 0) is 68.6 Å². The van der Waals surface area contributed by atoms with Crippen LogP contribution in [0, 0.1) is 5.92 Å². The van der Waals surface area contributed by atoms with Crippen LogP contribution in [0.3, 0.4) is 0 Å². The summed E-state index contributed by atoms with van der Waals surface area (Å²) in [5.41, 5.74) is 1.78. The van der Waals surface area contributed by atoms with Gasteiger partial charge < -0.3 is 4.74 Å². The lowest BCUT2D eigenvalue weighted by atomic mass is 9.90. The lowest BCUT2D eigenvalue weighted by Gasteiger charge is -2.31. The molecule has 4 nitrogen and oxygen atoms in total. The van der Waals surface area contributed by atoms with E-state index >= 15 is 0 Å². The summed E-state index contributed by atoms with van der Waals surface area (Å²) in [4.78, 5) is 20.9. The Morgan fingerprint density at radius 2 is 1.91 bits per heavy atom. The van der Waals surface area contributed by atoms with Gasteiger partial charge in [0, 0.05) is 40.2 Å². The molecular weight excluding hydrogens is 463 g/mol. The number of hydrogen-bond acceptors (Lipinski definition) is 5. The van der Waals surface area contributed by atoms with Crippen LogP contribution < -0.4 is 4.74 Å². The van der Waals surface area contributed by atoms with Crippen molar-refractivity contribution in [2.24, 2.45) is 5.92 Å². The molecule has 168 valence electrons. The SMILES string of the molecule is COc1cc(C(=O)CCC2CCN(Cc3cnc(-c4ccc(Cl)cc4)s3)CC2)ccc1Cl. The van der Waals surface area contributed by atoms with Gasteiger partial charge in [0.15, 0.2) is 5.78 Å². The molecule has 3 aromatic rings. The number of ketones is 1. The highest BCUT2D eigenvalue weighted by Gasteiger charge is 2.21. The molecule has 0 atom stereocenters. The van der Waals surface area contributed by atoms with Gasteiger partial charge in [-0.25, -0.2) is 4.98 Å². The maximum Gasteiger partial charge on any atom is 0.163 e. The fourth-order valence-corrected chi connectivity index (χ4v) is 5.35. The summed E-state index contributed by atoms with van der Waals surface area (Å²) in [5.74, 6) is 1.30. The minimum atomic E-state index is 0.154. The summed E-state index contributed by atoms with van der Waals surface area (Å²) >= 11 is 13.8. The van der Waals surface area contributed by atoms with Gasteiger partial charge in [-0.2, -0.15) is 0 Å². The van der Waals surface area contributed by atoms with Crippen LogP contribution in [-0.4, -0.2) is 35.9 Å². The van der Waals surface area contributed by atoms with Gasteiger partial charge in [-0.1, -0.05) is 35.3 Å². The predicted octanol–water partition coefficient (Wildman–Crippen LogP) is 7.00. The molecule has 0 saturated carbocycles. The zero-order chi connectivity index (χ0) is 22.5. The first kappa shape index (κ1) is 23.2. The van der Waals surface area contributed by atoms with Crippen molar-refractivity contribution < 1.29 is 9.53 Å². The minimum absolute atomic E-state index is 0.154. The van der Waals surface area contributed by atoms with Gasteiger partial charge in [0.25, 0.3) is 0 Å². The summed E-state index contributed by atoms with van der Waals surface area (Å²) in [6.45, 7) is 3.05. The average molecular weight is 489 g/mol. The van der Waals surface area contributed by atoms with Crippen LogP contribution >= 0.6 is 34.5 Å². The zero-order valence-corrected chi connectivity index (χ0v) is 20.3. The first-order chi connectivity index (χ1) is 15.5. The molecule has 1 aliphatic heterocycles. The second kappa shape index (κ2) is 10.8. The Labute approximate surface area is 203 Å². The van der Waals surface area contributed by atoms with Crippen molar-refractivity contribution in [2.45, 2.75) is 32.2 Å². The van der Waals surface area contributed by atoms with E-state index < -0.39 is 0 Å². The molecule has 0 aliphatic carbocycles. The van der Waals surface area contributed by atoms with E-state index in [1.807, 2.05) is 30.5 Å². The maximum atomic E-state index is 12.6. The molecule has 0 radical (unpaired) electrons. The number of benzene rings is 2. The van der Waals surface area contributed by atoms with E-state index in [1.165, 1.54) is 4.88 Å². The highest BCUT2D eigenvalue weighted by Crippen LogP contribution is 2.30. The van der Waals surface area contributed by atoms with Crippen molar-refractivity contribution in [1.82, 2.24) is 9.88 Å². The molecule has 0 unspecified atom stereocenters. The summed E-state index contributed by atoms with van der Waals surface area (Å²) in [5, 5.41) is 2.30. The first-order valence-electron chi connectivity index (χ1n) is 10.8. The number of piperidine rings is 1. The number of thiazole rings is 1. The molecule has 0 N–H and O–H groups in total. The fourth-order valence-electron chi connectivity index (χ4n) is 4.07. The molecule has 32 heavy (non-hydrogen) atoms. The topological polar surface area (TPSA) is 42.4 Å². The Kier molecular flexibility index (Phi) is 7.84. The third kappa shape index (κ3) is 5.90. The molecule has 4 rings (SSSR count). The van der Waals surface area contributed by atoms with E-state index in [1.54, 1.807) is 36.6 Å². The molecule has 1 aromatic heterocycles. The number of methoxy groups -OCH3 is 1. The van der Waals surface area contributed by atoms with Gasteiger partial charge in [-0.3, -0.25) is 9.69 Å². The third-order valence-electron chi connectivity index (χ3n) is 5.98. The number of nitrogens with zero attached hydrogens (tertiary/aromatic N) is 2. The molecule has 0 bridgehead atoms. The van der Waals surface area contributed by atoms with Gasteiger partial charge in [0.2, 0.25) is 0 Å². The van der Waals surface area contributed by atoms with Crippen molar-refractivity contribution >= 4 is 40.3 Å². The Hall–Kier alpha value is -1.92. The van der Waals surface area contributed by atoms with Crippen molar-refractivity contribution in [3.8, 4) is 16.3 Å². The number of likely N-dealkylation sites (tertiary alicyclic amines) is 1. The number of Topliss-reactive ketones (excluding diaryl/α,β-unsaturated/α-hetero) is 1. The van der Waals surface area contributed by atoms with E-state index in [9.17, 15) is 4.79 Å². The average Bonchev–Trinajstić information content (AvgIpc) is 3.27. The number of carbonyl (C=O) groups excluding carboxylic acids is 1. The van der Waals surface area contributed by atoms with Crippen LogP contribution in [0.25, 0.3) is 10.6 Å². The highest BCUT2D eigenvalue weighted by molar-refractivity contribution is 7.15. The maximum absolute atomic E-state index is 12.6. The van der Waals surface area contributed by atoms with E-state index in [4.69, 9.17) is 27.9 Å². The predicted molar refractivity (Wildman–Crippen MR) is 132 cm³/mol. The molecule has 1 aliphatic rings. The molecule has 0 amide bonds. The van der Waals surface area contributed by atoms with Crippen LogP contribution in [0.1, 0.15) is 40.9 Å². The monoisotopic (exact) mass is 488 g/mol. The Balaban J connectivity index is 1.23. The largest absolute Gasteiger partial charge is 0.495 e. The number of ether oxygens (including phenoxy) is 1. The third-order valence-corrected chi connectivity index (χ3v) is 7.58. The van der Waals surface area contributed by atoms with Crippen molar-refractivity contribution in [2.75, 3.05) is 20.2 Å². The zero-order valence-electron chi connectivity index (χ0n) is 18.0. The van der Waals surface area contributed by atoms with Gasteiger partial charge in [0.05, 0.1) is 12.1 Å². The van der Waals surface area contributed by atoms with Crippen molar-refractivity contribution in [3.63, 3.8) is 0 Å². The number of rotatable bonds is 8. The van der Waals surface area contributed by atoms with Crippen molar-refractivity contribution in [1.29, 1.82) is 0 Å². The van der Waals surface area contributed by atoms with Crippen LogP contribution in [0.5, 0.6) is 5.75 Å². The molecular formula is C25H26Cl2N2O2S. The number of aromatic nitrogens is 1. The van der Waals surface area contributed by atoms with Gasteiger partial charge in [0.1, 0.15) is 10.8 Å². The first-order valence-corrected chi connectivity index (χ1v) is 12.4. The number of carbonyl (C=O) groups is 1. The Morgan fingerprint density at radius 1 is 1.16 bits per heavy atom. The minimum Gasteiger partial charge on any atom is -0.495 e. The quantitative estimate of drug-likeness (QED) is 0.320. The molecule has 0 spiro atoms. The van der Waals surface area contributed by atoms with Gasteiger partial charge >= 0.3 is 0 Å². The summed E-state index contributed by atoms with van der Waals surface area (Å²) < 4.78 is 5.22. The molecule has 1 saturated heterocycles. The Bertz CT molecular complexity index is 1060. The van der Waals surface area contributed by atoms with Crippen LogP contribution in [-0.2, 0) is 6.54 Å². The molecule has 2 aromatic carbocycles. The summed E-state index contributed by atoms with van der Waals surface area (Å²) in [6.07, 6.45) is 5.73. The van der Waals surface area contributed by atoms with E-state index in [0.717, 1.165) is 54.5 Å². The molecule has 7 heteroatoms. The second-order valence-corrected chi connectivity index (χ2v) is 10.1. The highest BCUT2D eigenvalue weighted by atomic mass is 35.5. The molecule has 2 heterocycles. The normalized spacial score (nSPS) is 15.1. The fraction of sp³-hybridized carbons (Fsp3) is 0.360. The smallest absolute Gasteiger partial charge is 0.163 e. The van der Waals surface area contributed by atoms with Crippen LogP contribution in [0.2, 0.25) is 10.0 Å². The lowest BCUT2D eigenvalue weighted by Crippen LogP contribution is -2.33. The molecule has 1 fully saturated rings. The van der Waals surface area contributed by atoms with Crippen LogP contribution in [0.15, 0.2) is 48.7 Å². The van der Waals surface area contributed by atoms with Crippen LogP contribution in [0.4, 0.5) is 0 Å². The standard InChI is InChI=1S/C25H26Cl2N2O2S/c1-31-24-14-19(5-8-22(24)27)23(30)9-2-17-10-12-29(13-11-17)16-21-15-28-25(32-21)18-3-6-20(26)7-4-18/h3-8,14-15,17H,2,9-13,16H2,1H3. The van der Waals surface area contributed by atoms with Gasteiger partial charge in [-0.15, -0.1) is 11.3 Å².